The molecule has 0 bridgehead atoms. The first-order chi connectivity index (χ1) is 9.59. The lowest BCUT2D eigenvalue weighted by atomic mass is 9.87. The molecule has 2 aromatic rings. The molecule has 1 aromatic heterocycles. The van der Waals surface area contributed by atoms with Crippen molar-refractivity contribution < 1.29 is 0 Å². The van der Waals surface area contributed by atoms with Gasteiger partial charge in [-0.3, -0.25) is 0 Å². The number of hydrogen-bond acceptors (Lipinski definition) is 2. The fourth-order valence-corrected chi connectivity index (χ4v) is 3.47. The minimum Gasteiger partial charge on any atom is -0.329 e. The van der Waals surface area contributed by atoms with E-state index in [0.717, 1.165) is 11.3 Å². The van der Waals surface area contributed by atoms with Crippen molar-refractivity contribution in [1.29, 1.82) is 0 Å². The Morgan fingerprint density at radius 1 is 1.30 bits per heavy atom. The van der Waals surface area contributed by atoms with Crippen LogP contribution in [0.5, 0.6) is 0 Å². The van der Waals surface area contributed by atoms with Gasteiger partial charge in [-0.2, -0.15) is 0 Å². The maximum Gasteiger partial charge on any atom is 0.0951 e. The highest BCUT2D eigenvalue weighted by molar-refractivity contribution is 5.27. The van der Waals surface area contributed by atoms with E-state index in [9.17, 15) is 0 Å². The molecule has 1 aliphatic rings. The zero-order valence-corrected chi connectivity index (χ0v) is 12.3. The van der Waals surface area contributed by atoms with Crippen LogP contribution in [-0.4, -0.2) is 9.55 Å². The van der Waals surface area contributed by atoms with Crippen LogP contribution in [0.1, 0.15) is 56.5 Å². The molecule has 1 fully saturated rings. The summed E-state index contributed by atoms with van der Waals surface area (Å²) < 4.78 is 2.31. The smallest absolute Gasteiger partial charge is 0.0951 e. The summed E-state index contributed by atoms with van der Waals surface area (Å²) in [6.45, 7) is 4.70. The van der Waals surface area contributed by atoms with Crippen LogP contribution in [0.2, 0.25) is 0 Å². The summed E-state index contributed by atoms with van der Waals surface area (Å²) in [6.07, 6.45) is 7.66. The van der Waals surface area contributed by atoms with Crippen LogP contribution in [0.15, 0.2) is 42.9 Å². The van der Waals surface area contributed by atoms with Crippen molar-refractivity contribution in [2.45, 2.75) is 45.2 Å². The van der Waals surface area contributed by atoms with Crippen LogP contribution < -0.4 is 5.73 Å². The average molecular weight is 269 g/mol. The molecule has 3 nitrogen and oxygen atoms in total. The highest BCUT2D eigenvalue weighted by Gasteiger charge is 2.37. The summed E-state index contributed by atoms with van der Waals surface area (Å²) >= 11 is 0. The molecule has 2 N–H and O–H groups in total. The molecule has 2 atom stereocenters. The first-order valence-corrected chi connectivity index (χ1v) is 7.42. The first kappa shape index (κ1) is 13.4. The number of benzene rings is 1. The molecule has 3 heteroatoms. The van der Waals surface area contributed by atoms with Crippen molar-refractivity contribution in [3.8, 4) is 0 Å². The van der Waals surface area contributed by atoms with Gasteiger partial charge in [0.1, 0.15) is 0 Å². The molecule has 1 aromatic carbocycles. The van der Waals surface area contributed by atoms with Gasteiger partial charge in [0.2, 0.25) is 0 Å². The van der Waals surface area contributed by atoms with Gasteiger partial charge in [-0.25, -0.2) is 4.98 Å². The molecule has 1 heterocycles. The minimum atomic E-state index is -0.102. The fourth-order valence-electron chi connectivity index (χ4n) is 3.47. The number of rotatable bonds is 3. The van der Waals surface area contributed by atoms with E-state index in [1.807, 2.05) is 30.7 Å². The van der Waals surface area contributed by atoms with Crippen LogP contribution in [-0.2, 0) is 0 Å². The maximum atomic E-state index is 6.46. The Bertz CT molecular complexity index is 571. The summed E-state index contributed by atoms with van der Waals surface area (Å²) in [7, 11) is 0. The van der Waals surface area contributed by atoms with Crippen molar-refractivity contribution >= 4 is 0 Å². The van der Waals surface area contributed by atoms with Gasteiger partial charge < -0.3 is 10.3 Å². The third-order valence-corrected chi connectivity index (χ3v) is 4.71. The summed E-state index contributed by atoms with van der Waals surface area (Å²) in [5.74, 6) is 0. The Morgan fingerprint density at radius 2 is 2.05 bits per heavy atom. The molecular weight excluding hydrogens is 246 g/mol. The molecule has 2 unspecified atom stereocenters. The van der Waals surface area contributed by atoms with Crippen molar-refractivity contribution in [2.24, 2.45) is 11.1 Å². The third kappa shape index (κ3) is 2.27. The van der Waals surface area contributed by atoms with E-state index in [0.29, 0.717) is 11.5 Å². The number of imidazole rings is 1. The lowest BCUT2D eigenvalue weighted by molar-refractivity contribution is 0.255. The van der Waals surface area contributed by atoms with Gasteiger partial charge in [0, 0.05) is 6.04 Å². The Balaban J connectivity index is 1.95. The largest absolute Gasteiger partial charge is 0.329 e. The monoisotopic (exact) mass is 269 g/mol. The third-order valence-electron chi connectivity index (χ3n) is 4.71. The van der Waals surface area contributed by atoms with Crippen LogP contribution in [0.3, 0.4) is 0 Å². The van der Waals surface area contributed by atoms with E-state index in [1.165, 1.54) is 19.3 Å². The van der Waals surface area contributed by atoms with Crippen LogP contribution >= 0.6 is 0 Å². The van der Waals surface area contributed by atoms with E-state index in [4.69, 9.17) is 5.73 Å². The van der Waals surface area contributed by atoms with E-state index >= 15 is 0 Å². The molecule has 0 radical (unpaired) electrons. The van der Waals surface area contributed by atoms with Crippen molar-refractivity contribution in [1.82, 2.24) is 9.55 Å². The van der Waals surface area contributed by atoms with Gasteiger partial charge in [0.15, 0.2) is 0 Å². The van der Waals surface area contributed by atoms with Crippen molar-refractivity contribution in [3.63, 3.8) is 0 Å². The summed E-state index contributed by atoms with van der Waals surface area (Å²) in [5.41, 5.74) is 9.05. The summed E-state index contributed by atoms with van der Waals surface area (Å²) in [6, 6.07) is 10.7. The van der Waals surface area contributed by atoms with Gasteiger partial charge in [-0.15, -0.1) is 0 Å². The van der Waals surface area contributed by atoms with Crippen LogP contribution in [0, 0.1) is 5.41 Å². The topological polar surface area (TPSA) is 43.8 Å². The molecule has 0 aliphatic heterocycles. The molecule has 106 valence electrons. The fraction of sp³-hybridized carbons (Fsp3) is 0.471. The SMILES string of the molecule is CC1(C)CCCC1n1cncc1C(N)c1ccccc1. The Labute approximate surface area is 120 Å². The second kappa shape index (κ2) is 5.06. The zero-order chi connectivity index (χ0) is 14.2. The molecule has 0 spiro atoms. The second-order valence-electron chi connectivity index (χ2n) is 6.51. The average Bonchev–Trinajstić information content (AvgIpc) is 3.04. The van der Waals surface area contributed by atoms with Gasteiger partial charge in [-0.1, -0.05) is 50.6 Å². The molecule has 20 heavy (non-hydrogen) atoms. The normalized spacial score (nSPS) is 22.9. The zero-order valence-electron chi connectivity index (χ0n) is 12.3. The summed E-state index contributed by atoms with van der Waals surface area (Å²) in [4.78, 5) is 4.36. The molecule has 0 saturated heterocycles. The quantitative estimate of drug-likeness (QED) is 0.923. The Morgan fingerprint density at radius 3 is 2.70 bits per heavy atom. The highest BCUT2D eigenvalue weighted by Crippen LogP contribution is 2.46. The molecule has 1 saturated carbocycles. The van der Waals surface area contributed by atoms with E-state index < -0.39 is 0 Å². The van der Waals surface area contributed by atoms with E-state index in [-0.39, 0.29) is 6.04 Å². The number of aromatic nitrogens is 2. The lowest BCUT2D eigenvalue weighted by Crippen LogP contribution is -2.25. The minimum absolute atomic E-state index is 0.102. The molecule has 3 rings (SSSR count). The first-order valence-electron chi connectivity index (χ1n) is 7.42. The number of nitrogens with zero attached hydrogens (tertiary/aromatic N) is 2. The number of hydrogen-bond donors (Lipinski definition) is 1. The van der Waals surface area contributed by atoms with Crippen LogP contribution in [0.4, 0.5) is 0 Å². The van der Waals surface area contributed by atoms with Gasteiger partial charge in [0.25, 0.3) is 0 Å². The van der Waals surface area contributed by atoms with Crippen molar-refractivity contribution in [3.05, 3.63) is 54.1 Å². The second-order valence-corrected chi connectivity index (χ2v) is 6.51. The molecule has 0 amide bonds. The maximum absolute atomic E-state index is 6.46. The molecule has 1 aliphatic carbocycles. The predicted molar refractivity (Wildman–Crippen MR) is 81.4 cm³/mol. The standard InChI is InChI=1S/C17H23N3/c1-17(2)10-6-9-15(17)20-12-19-11-14(20)16(18)13-7-4-3-5-8-13/h3-5,7-8,11-12,15-16H,6,9-10,18H2,1-2H3. The highest BCUT2D eigenvalue weighted by atomic mass is 15.1. The van der Waals surface area contributed by atoms with Gasteiger partial charge in [0.05, 0.1) is 24.3 Å². The molecular formula is C17H23N3. The van der Waals surface area contributed by atoms with Gasteiger partial charge >= 0.3 is 0 Å². The number of nitrogens with two attached hydrogens (primary N) is 1. The predicted octanol–water partition coefficient (Wildman–Crippen LogP) is 3.68. The Hall–Kier alpha value is -1.61. The lowest BCUT2D eigenvalue weighted by Gasteiger charge is -2.30. The van der Waals surface area contributed by atoms with E-state index in [1.54, 1.807) is 0 Å². The van der Waals surface area contributed by atoms with E-state index in [2.05, 4.69) is 35.5 Å². The van der Waals surface area contributed by atoms with Crippen molar-refractivity contribution in [2.75, 3.05) is 0 Å². The summed E-state index contributed by atoms with van der Waals surface area (Å²) in [5, 5.41) is 0. The Kier molecular flexibility index (Phi) is 3.38. The van der Waals surface area contributed by atoms with Crippen LogP contribution in [0.25, 0.3) is 0 Å². The van der Waals surface area contributed by atoms with Gasteiger partial charge in [-0.05, 0) is 23.8 Å².